The van der Waals surface area contributed by atoms with Crippen molar-refractivity contribution in [3.63, 3.8) is 0 Å². The summed E-state index contributed by atoms with van der Waals surface area (Å²) < 4.78 is 5.83. The van der Waals surface area contributed by atoms with E-state index in [1.54, 1.807) is 6.92 Å². The van der Waals surface area contributed by atoms with Crippen molar-refractivity contribution in [2.24, 2.45) is 4.99 Å². The fourth-order valence-electron chi connectivity index (χ4n) is 2.70. The number of hydrogen-bond donors (Lipinski definition) is 3. The molecule has 1 unspecified atom stereocenters. The van der Waals surface area contributed by atoms with Gasteiger partial charge in [-0.3, -0.25) is 0 Å². The number of hydrogen-bond acceptors (Lipinski definition) is 4. The number of nitrogens with zero attached hydrogens (tertiary/aromatic N) is 1. The molecule has 26 heavy (non-hydrogen) atoms. The molecular weight excluding hydrogens is 346 g/mol. The van der Waals surface area contributed by atoms with Gasteiger partial charge in [0, 0.05) is 29.8 Å². The summed E-state index contributed by atoms with van der Waals surface area (Å²) in [5.74, 6) is 1.64. The van der Waals surface area contributed by atoms with Gasteiger partial charge in [0.2, 0.25) is 0 Å². The Balaban J connectivity index is 1.57. The lowest BCUT2D eigenvalue weighted by molar-refractivity contribution is 0.0711. The zero-order valence-electron chi connectivity index (χ0n) is 15.2. The van der Waals surface area contributed by atoms with Crippen LogP contribution < -0.4 is 10.6 Å². The number of para-hydroxylation sites is 1. The lowest BCUT2D eigenvalue weighted by Crippen LogP contribution is -2.39. The van der Waals surface area contributed by atoms with Crippen molar-refractivity contribution in [3.05, 3.63) is 58.5 Å². The van der Waals surface area contributed by atoms with Gasteiger partial charge < -0.3 is 20.2 Å². The monoisotopic (exact) mass is 371 g/mol. The van der Waals surface area contributed by atoms with E-state index in [1.165, 1.54) is 11.3 Å². The highest BCUT2D eigenvalue weighted by atomic mass is 32.1. The molecule has 0 saturated carbocycles. The molecule has 0 fully saturated rings. The first-order valence-electron chi connectivity index (χ1n) is 8.84. The molecule has 1 aromatic carbocycles. The van der Waals surface area contributed by atoms with Gasteiger partial charge >= 0.3 is 0 Å². The maximum absolute atomic E-state index is 10.6. The number of guanidine groups is 1. The Morgan fingerprint density at radius 1 is 1.23 bits per heavy atom. The number of rotatable bonds is 7. The maximum atomic E-state index is 10.6. The zero-order chi connectivity index (χ0) is 18.4. The maximum Gasteiger partial charge on any atom is 0.191 e. The summed E-state index contributed by atoms with van der Waals surface area (Å²) in [4.78, 5) is 5.45. The van der Waals surface area contributed by atoms with E-state index in [1.807, 2.05) is 48.7 Å². The average molecular weight is 372 g/mol. The fourth-order valence-corrected chi connectivity index (χ4v) is 3.48. The molecule has 0 bridgehead atoms. The van der Waals surface area contributed by atoms with Crippen molar-refractivity contribution in [1.29, 1.82) is 0 Å². The second-order valence-corrected chi connectivity index (χ2v) is 7.32. The van der Waals surface area contributed by atoms with Crippen molar-refractivity contribution in [2.75, 3.05) is 19.6 Å². The van der Waals surface area contributed by atoms with Crippen molar-refractivity contribution >= 4 is 28.3 Å². The second kappa shape index (κ2) is 8.38. The Kier molecular flexibility index (Phi) is 5.96. The average Bonchev–Trinajstić information content (AvgIpc) is 3.29. The molecular formula is C20H25N3O2S. The third kappa shape index (κ3) is 4.65. The molecule has 0 spiro atoms. The molecule has 1 atom stereocenters. The van der Waals surface area contributed by atoms with E-state index in [0.29, 0.717) is 19.0 Å². The van der Waals surface area contributed by atoms with Crippen LogP contribution in [0.3, 0.4) is 0 Å². The van der Waals surface area contributed by atoms with Gasteiger partial charge in [0.25, 0.3) is 0 Å². The summed E-state index contributed by atoms with van der Waals surface area (Å²) in [6.07, 6.45) is 0.764. The Morgan fingerprint density at radius 3 is 2.81 bits per heavy atom. The van der Waals surface area contributed by atoms with Crippen LogP contribution in [0.25, 0.3) is 11.0 Å². The van der Waals surface area contributed by atoms with Crippen LogP contribution in [0.1, 0.15) is 24.5 Å². The minimum Gasteiger partial charge on any atom is -0.461 e. The van der Waals surface area contributed by atoms with Crippen LogP contribution in [0.2, 0.25) is 0 Å². The van der Waals surface area contributed by atoms with Gasteiger partial charge in [0.1, 0.15) is 16.9 Å². The zero-order valence-corrected chi connectivity index (χ0v) is 16.0. The Morgan fingerprint density at radius 2 is 2.08 bits per heavy atom. The minimum atomic E-state index is -0.963. The molecule has 3 rings (SSSR count). The highest BCUT2D eigenvalue weighted by Crippen LogP contribution is 2.25. The van der Waals surface area contributed by atoms with Gasteiger partial charge in [-0.1, -0.05) is 24.3 Å². The van der Waals surface area contributed by atoms with Gasteiger partial charge in [-0.15, -0.1) is 11.3 Å². The Hall–Kier alpha value is -2.31. The summed E-state index contributed by atoms with van der Waals surface area (Å²) in [6.45, 7) is 5.58. The number of benzene rings is 1. The first kappa shape index (κ1) is 18.5. The Bertz CT molecular complexity index is 820. The molecule has 0 amide bonds. The van der Waals surface area contributed by atoms with Gasteiger partial charge in [0.15, 0.2) is 5.96 Å². The third-order valence-corrected chi connectivity index (χ3v) is 5.20. The van der Waals surface area contributed by atoms with Crippen molar-refractivity contribution in [3.8, 4) is 0 Å². The summed E-state index contributed by atoms with van der Waals surface area (Å²) in [5, 5.41) is 20.2. The van der Waals surface area contributed by atoms with Crippen LogP contribution in [-0.4, -0.2) is 30.7 Å². The van der Waals surface area contributed by atoms with Crippen LogP contribution in [0.15, 0.2) is 57.3 Å². The number of aliphatic imine (C=N–C) groups is 1. The van der Waals surface area contributed by atoms with E-state index >= 15 is 0 Å². The summed E-state index contributed by atoms with van der Waals surface area (Å²) in [6, 6.07) is 14.0. The molecule has 138 valence electrons. The van der Waals surface area contributed by atoms with Crippen molar-refractivity contribution in [1.82, 2.24) is 10.6 Å². The standard InChI is InChI=1S/C20H25N3O2S/c1-3-21-19(23-14-20(2,24)18-9-6-12-26-18)22-11-10-16-13-15-7-4-5-8-17(15)25-16/h4-9,12-13,24H,3,10-11,14H2,1-2H3,(H2,21,22,23). The van der Waals surface area contributed by atoms with Gasteiger partial charge in [0.05, 0.1) is 6.54 Å². The lowest BCUT2D eigenvalue weighted by Gasteiger charge is -2.20. The molecule has 3 aromatic rings. The molecule has 0 radical (unpaired) electrons. The van der Waals surface area contributed by atoms with Gasteiger partial charge in [-0.25, -0.2) is 4.99 Å². The smallest absolute Gasteiger partial charge is 0.191 e. The van der Waals surface area contributed by atoms with E-state index < -0.39 is 5.60 Å². The number of thiophene rings is 1. The molecule has 0 aliphatic heterocycles. The summed E-state index contributed by atoms with van der Waals surface area (Å²) in [7, 11) is 0. The van der Waals surface area contributed by atoms with Crippen LogP contribution in [0, 0.1) is 0 Å². The summed E-state index contributed by atoms with van der Waals surface area (Å²) >= 11 is 1.54. The topological polar surface area (TPSA) is 69.8 Å². The molecule has 6 heteroatoms. The fraction of sp³-hybridized carbons (Fsp3) is 0.350. The molecule has 2 heterocycles. The molecule has 0 aliphatic rings. The molecule has 2 aromatic heterocycles. The lowest BCUT2D eigenvalue weighted by atomic mass is 10.1. The SMILES string of the molecule is CCNC(=NCC(C)(O)c1cccs1)NCCc1cc2ccccc2o1. The number of aliphatic hydroxyl groups is 1. The largest absolute Gasteiger partial charge is 0.461 e. The van der Waals surface area contributed by atoms with Crippen LogP contribution in [-0.2, 0) is 12.0 Å². The number of fused-ring (bicyclic) bond motifs is 1. The van der Waals surface area contributed by atoms with E-state index in [9.17, 15) is 5.11 Å². The quantitative estimate of drug-likeness (QED) is 0.439. The predicted molar refractivity (Wildman–Crippen MR) is 108 cm³/mol. The van der Waals surface area contributed by atoms with E-state index in [4.69, 9.17) is 4.42 Å². The molecule has 5 nitrogen and oxygen atoms in total. The normalized spacial score (nSPS) is 14.3. The minimum absolute atomic E-state index is 0.299. The highest BCUT2D eigenvalue weighted by molar-refractivity contribution is 7.10. The van der Waals surface area contributed by atoms with Crippen LogP contribution in [0.4, 0.5) is 0 Å². The van der Waals surface area contributed by atoms with E-state index in [2.05, 4.69) is 21.7 Å². The molecule has 3 N–H and O–H groups in total. The van der Waals surface area contributed by atoms with E-state index in [0.717, 1.165) is 34.6 Å². The van der Waals surface area contributed by atoms with Crippen molar-refractivity contribution < 1.29 is 9.52 Å². The van der Waals surface area contributed by atoms with Crippen molar-refractivity contribution in [2.45, 2.75) is 25.9 Å². The highest BCUT2D eigenvalue weighted by Gasteiger charge is 2.23. The van der Waals surface area contributed by atoms with Gasteiger partial charge in [-0.2, -0.15) is 0 Å². The Labute approximate surface area is 157 Å². The first-order valence-corrected chi connectivity index (χ1v) is 9.72. The second-order valence-electron chi connectivity index (χ2n) is 6.37. The number of nitrogens with one attached hydrogen (secondary N) is 2. The number of furan rings is 1. The third-order valence-electron chi connectivity index (χ3n) is 4.08. The van der Waals surface area contributed by atoms with Crippen LogP contribution >= 0.6 is 11.3 Å². The molecule has 0 saturated heterocycles. The van der Waals surface area contributed by atoms with Gasteiger partial charge in [-0.05, 0) is 37.4 Å². The predicted octanol–water partition coefficient (Wildman–Crippen LogP) is 3.50. The van der Waals surface area contributed by atoms with Crippen LogP contribution in [0.5, 0.6) is 0 Å². The first-order chi connectivity index (χ1) is 12.6. The molecule has 0 aliphatic carbocycles. The summed E-state index contributed by atoms with van der Waals surface area (Å²) in [5.41, 5.74) is -0.0509. The van der Waals surface area contributed by atoms with E-state index in [-0.39, 0.29) is 0 Å².